The Morgan fingerprint density at radius 2 is 1.00 bits per heavy atom. The Kier molecular flexibility index (Phi) is 8.20. The highest BCUT2D eigenvalue weighted by atomic mass is 16.3. The molecule has 0 fully saturated rings. The summed E-state index contributed by atoms with van der Waals surface area (Å²) in [6.07, 6.45) is -0.392. The number of hydrogen-bond acceptors (Lipinski definition) is 4. The van der Waals surface area contributed by atoms with E-state index in [2.05, 4.69) is 199 Å². The van der Waals surface area contributed by atoms with Gasteiger partial charge in [0, 0.05) is 27.5 Å². The molecule has 4 heteroatoms. The van der Waals surface area contributed by atoms with E-state index in [4.69, 9.17) is 14.4 Å². The zero-order chi connectivity index (χ0) is 40.3. The number of rotatable bonds is 6. The number of furan rings is 1. The summed E-state index contributed by atoms with van der Waals surface area (Å²) < 4.78 is 6.65. The van der Waals surface area contributed by atoms with Crippen molar-refractivity contribution >= 4 is 65.9 Å². The van der Waals surface area contributed by atoms with E-state index in [0.717, 1.165) is 82.9 Å². The molecule has 0 saturated heterocycles. The molecule has 4 nitrogen and oxygen atoms in total. The van der Waals surface area contributed by atoms with Crippen LogP contribution in [0.1, 0.15) is 22.9 Å². The van der Waals surface area contributed by atoms with Gasteiger partial charge >= 0.3 is 0 Å². The second kappa shape index (κ2) is 14.3. The molecule has 12 rings (SSSR count). The van der Waals surface area contributed by atoms with Gasteiger partial charge in [0.1, 0.15) is 23.2 Å². The molecular formula is C57H37N3O. The van der Waals surface area contributed by atoms with Crippen molar-refractivity contribution in [3.8, 4) is 33.4 Å². The van der Waals surface area contributed by atoms with E-state index in [0.29, 0.717) is 5.84 Å². The lowest BCUT2D eigenvalue weighted by Gasteiger charge is -2.26. The van der Waals surface area contributed by atoms with Crippen LogP contribution in [0.15, 0.2) is 227 Å². The third kappa shape index (κ3) is 5.99. The van der Waals surface area contributed by atoms with Gasteiger partial charge in [-0.1, -0.05) is 182 Å². The second-order valence-electron chi connectivity index (χ2n) is 15.7. The largest absolute Gasteiger partial charge is 0.456 e. The molecule has 0 radical (unpaired) electrons. The summed E-state index contributed by atoms with van der Waals surface area (Å²) in [5.74, 6) is 1.50. The second-order valence-corrected chi connectivity index (χ2v) is 15.7. The van der Waals surface area contributed by atoms with Gasteiger partial charge in [-0.3, -0.25) is 0 Å². The van der Waals surface area contributed by atoms with E-state index in [-0.39, 0.29) is 0 Å². The predicted octanol–water partition coefficient (Wildman–Crippen LogP) is 14.5. The van der Waals surface area contributed by atoms with Gasteiger partial charge in [0.25, 0.3) is 0 Å². The minimum atomic E-state index is -0.392. The molecule has 1 atom stereocenters. The molecule has 0 saturated carbocycles. The predicted molar refractivity (Wildman–Crippen MR) is 254 cm³/mol. The molecule has 286 valence electrons. The van der Waals surface area contributed by atoms with Crippen LogP contribution in [-0.4, -0.2) is 11.7 Å². The van der Waals surface area contributed by atoms with Gasteiger partial charge < -0.3 is 9.73 Å². The van der Waals surface area contributed by atoms with E-state index in [1.807, 2.05) is 18.2 Å². The lowest BCUT2D eigenvalue weighted by molar-refractivity contribution is 0.669. The first-order valence-corrected chi connectivity index (χ1v) is 20.8. The summed E-state index contributed by atoms with van der Waals surface area (Å²) in [6.45, 7) is 0. The number of nitrogens with one attached hydrogen (secondary N) is 1. The summed E-state index contributed by atoms with van der Waals surface area (Å²) >= 11 is 0. The van der Waals surface area contributed by atoms with Crippen molar-refractivity contribution in [1.29, 1.82) is 0 Å². The van der Waals surface area contributed by atoms with Gasteiger partial charge in [-0.05, 0) is 96.0 Å². The fraction of sp³-hybridized carbons (Fsp3) is 0.0175. The maximum atomic E-state index is 6.65. The topological polar surface area (TPSA) is 49.9 Å². The molecule has 0 amide bonds. The van der Waals surface area contributed by atoms with Crippen molar-refractivity contribution in [2.45, 2.75) is 6.17 Å². The van der Waals surface area contributed by atoms with Crippen LogP contribution in [0, 0.1) is 0 Å². The molecule has 11 aromatic rings. The van der Waals surface area contributed by atoms with Gasteiger partial charge in [-0.15, -0.1) is 0 Å². The molecule has 0 spiro atoms. The van der Waals surface area contributed by atoms with Gasteiger partial charge in [-0.25, -0.2) is 9.98 Å². The fourth-order valence-corrected chi connectivity index (χ4v) is 9.25. The molecule has 61 heavy (non-hydrogen) atoms. The Morgan fingerprint density at radius 1 is 0.377 bits per heavy atom. The third-order valence-electron chi connectivity index (χ3n) is 12.1. The average Bonchev–Trinajstić information content (AvgIpc) is 3.72. The SMILES string of the molecule is c1ccc(C2=NC(c3ccc(-c4cccc5oc6cc(-c7cccc(-c8ccccc8)c7)ccc6c45)c4ccccc34)NC(c3cc4ccccc4c4ccccc34)=N2)cc1. The Hall–Kier alpha value is -8.08. The molecule has 10 aromatic carbocycles. The van der Waals surface area contributed by atoms with Crippen LogP contribution in [0.4, 0.5) is 0 Å². The molecular weight excluding hydrogens is 743 g/mol. The Bertz CT molecular complexity index is 3570. The van der Waals surface area contributed by atoms with Crippen molar-refractivity contribution in [2.75, 3.05) is 0 Å². The molecule has 1 aromatic heterocycles. The van der Waals surface area contributed by atoms with Crippen molar-refractivity contribution in [2.24, 2.45) is 9.98 Å². The first kappa shape index (κ1) is 34.9. The lowest BCUT2D eigenvalue weighted by Crippen LogP contribution is -2.33. The summed E-state index contributed by atoms with van der Waals surface area (Å²) in [6, 6.07) is 75.2. The van der Waals surface area contributed by atoms with Gasteiger partial charge in [0.15, 0.2) is 5.84 Å². The summed E-state index contributed by atoms with van der Waals surface area (Å²) in [5, 5.41) is 13.0. The average molecular weight is 780 g/mol. The van der Waals surface area contributed by atoms with Crippen LogP contribution in [-0.2, 0) is 0 Å². The number of hydrogen-bond donors (Lipinski definition) is 1. The Morgan fingerprint density at radius 3 is 1.80 bits per heavy atom. The van der Waals surface area contributed by atoms with Gasteiger partial charge in [0.2, 0.25) is 0 Å². The molecule has 2 heterocycles. The summed E-state index contributed by atoms with van der Waals surface area (Å²) in [7, 11) is 0. The Labute approximate surface area is 352 Å². The highest BCUT2D eigenvalue weighted by molar-refractivity contribution is 6.22. The third-order valence-corrected chi connectivity index (χ3v) is 12.1. The quantitative estimate of drug-likeness (QED) is 0.171. The molecule has 0 bridgehead atoms. The first-order chi connectivity index (χ1) is 30.2. The summed E-state index contributed by atoms with van der Waals surface area (Å²) in [4.78, 5) is 10.6. The van der Waals surface area contributed by atoms with Gasteiger partial charge in [0.05, 0.1) is 0 Å². The first-order valence-electron chi connectivity index (χ1n) is 20.8. The molecule has 0 aliphatic carbocycles. The number of aliphatic imine (C=N–C) groups is 2. The maximum absolute atomic E-state index is 6.65. The van der Waals surface area contributed by atoms with E-state index in [9.17, 15) is 0 Å². The van der Waals surface area contributed by atoms with Crippen LogP contribution in [0.25, 0.3) is 87.6 Å². The van der Waals surface area contributed by atoms with Crippen LogP contribution in [0.3, 0.4) is 0 Å². The number of amidine groups is 2. The van der Waals surface area contributed by atoms with E-state index in [1.54, 1.807) is 0 Å². The minimum absolute atomic E-state index is 0.392. The van der Waals surface area contributed by atoms with E-state index >= 15 is 0 Å². The smallest absolute Gasteiger partial charge is 0.159 e. The van der Waals surface area contributed by atoms with Crippen LogP contribution >= 0.6 is 0 Å². The van der Waals surface area contributed by atoms with Crippen LogP contribution < -0.4 is 5.32 Å². The van der Waals surface area contributed by atoms with Crippen molar-refractivity contribution in [3.05, 3.63) is 229 Å². The van der Waals surface area contributed by atoms with Crippen LogP contribution in [0.2, 0.25) is 0 Å². The molecule has 1 unspecified atom stereocenters. The van der Waals surface area contributed by atoms with Crippen LogP contribution in [0.5, 0.6) is 0 Å². The zero-order valence-corrected chi connectivity index (χ0v) is 33.1. The van der Waals surface area contributed by atoms with E-state index < -0.39 is 6.17 Å². The highest BCUT2D eigenvalue weighted by Gasteiger charge is 2.25. The molecule has 1 aliphatic rings. The fourth-order valence-electron chi connectivity index (χ4n) is 9.25. The van der Waals surface area contributed by atoms with Crippen molar-refractivity contribution in [1.82, 2.24) is 5.32 Å². The Balaban J connectivity index is 0.977. The van der Waals surface area contributed by atoms with Crippen molar-refractivity contribution < 1.29 is 4.42 Å². The van der Waals surface area contributed by atoms with E-state index in [1.165, 1.54) is 27.3 Å². The number of fused-ring (bicyclic) bond motifs is 7. The minimum Gasteiger partial charge on any atom is -0.456 e. The van der Waals surface area contributed by atoms with Gasteiger partial charge in [-0.2, -0.15) is 0 Å². The lowest BCUT2D eigenvalue weighted by atomic mass is 9.91. The highest BCUT2D eigenvalue weighted by Crippen LogP contribution is 2.42. The zero-order valence-electron chi connectivity index (χ0n) is 33.1. The molecule has 1 N–H and O–H groups in total. The van der Waals surface area contributed by atoms with Crippen molar-refractivity contribution in [3.63, 3.8) is 0 Å². The summed E-state index contributed by atoms with van der Waals surface area (Å²) in [5.41, 5.74) is 11.8. The maximum Gasteiger partial charge on any atom is 0.159 e. The standard InChI is InChI=1S/C57H37N3O/c1-3-15-36(16-4-1)38-20-13-21-39(33-38)40-29-30-50-53(35-40)61-52-28-14-27-48(54(50)52)47-31-32-49(45-25-11-10-24-44(45)47)56-58-55(37-17-5-2-6-18-37)59-57(60-56)51-34-41-19-7-8-22-42(41)43-23-9-12-26-46(43)51/h1-35,56H,(H,58,59,60). The monoisotopic (exact) mass is 779 g/mol. The number of benzene rings is 10. The number of nitrogens with zero attached hydrogens (tertiary/aromatic N) is 2. The molecule has 1 aliphatic heterocycles. The normalized spacial score (nSPS) is 14.1.